The molecule has 2 aromatic heterocycles. The zero-order valence-electron chi connectivity index (χ0n) is 25.6. The maximum atomic E-state index is 4.30. The maximum Gasteiger partial charge on any atom is 0.0541 e. The predicted molar refractivity (Wildman–Crippen MR) is 199 cm³/mol. The summed E-state index contributed by atoms with van der Waals surface area (Å²) in [6.07, 6.45) is 3.73. The summed E-state index contributed by atoms with van der Waals surface area (Å²) in [5.74, 6) is 0. The fourth-order valence-electron chi connectivity index (χ4n) is 7.69. The molecule has 0 saturated heterocycles. The first-order valence-electron chi connectivity index (χ1n) is 16.1. The van der Waals surface area contributed by atoms with Crippen molar-refractivity contribution in [2.24, 2.45) is 0 Å². The van der Waals surface area contributed by atoms with Gasteiger partial charge < -0.3 is 4.57 Å². The lowest BCUT2D eigenvalue weighted by Gasteiger charge is -2.17. The number of para-hydroxylation sites is 2. The van der Waals surface area contributed by atoms with Crippen LogP contribution in [0.4, 0.5) is 0 Å². The Kier molecular flexibility index (Phi) is 5.61. The summed E-state index contributed by atoms with van der Waals surface area (Å²) in [5, 5.41) is 10.3. The molecule has 0 radical (unpaired) electrons. The van der Waals surface area contributed by atoms with Gasteiger partial charge in [-0.3, -0.25) is 4.98 Å². The molecule has 2 nitrogen and oxygen atoms in total. The first-order chi connectivity index (χ1) is 23.3. The molecular formula is C45H28N2. The molecule has 0 N–H and O–H groups in total. The average Bonchev–Trinajstić information content (AvgIpc) is 3.49. The van der Waals surface area contributed by atoms with Crippen LogP contribution in [0.15, 0.2) is 170 Å². The zero-order valence-corrected chi connectivity index (χ0v) is 25.6. The number of aromatic nitrogens is 2. The summed E-state index contributed by atoms with van der Waals surface area (Å²) in [7, 11) is 0. The molecule has 0 unspecified atom stereocenters. The van der Waals surface area contributed by atoms with E-state index in [9.17, 15) is 0 Å². The maximum absolute atomic E-state index is 4.30. The van der Waals surface area contributed by atoms with Crippen LogP contribution in [0, 0.1) is 0 Å². The van der Waals surface area contributed by atoms with Crippen molar-refractivity contribution in [2.45, 2.75) is 0 Å². The summed E-state index contributed by atoms with van der Waals surface area (Å²) in [5.41, 5.74) is 10.9. The van der Waals surface area contributed by atoms with E-state index in [1.165, 1.54) is 87.6 Å². The number of hydrogen-bond donors (Lipinski definition) is 0. The third kappa shape index (κ3) is 3.95. The highest BCUT2D eigenvalue weighted by molar-refractivity contribution is 6.27. The van der Waals surface area contributed by atoms with Crippen LogP contribution in [-0.2, 0) is 0 Å². The van der Waals surface area contributed by atoms with Crippen LogP contribution in [0.2, 0.25) is 0 Å². The second-order valence-corrected chi connectivity index (χ2v) is 12.4. The van der Waals surface area contributed by atoms with E-state index in [2.05, 4.69) is 161 Å². The van der Waals surface area contributed by atoms with E-state index in [1.807, 2.05) is 18.5 Å². The molecule has 0 atom stereocenters. The van der Waals surface area contributed by atoms with Gasteiger partial charge in [-0.25, -0.2) is 0 Å². The monoisotopic (exact) mass is 596 g/mol. The molecule has 0 fully saturated rings. The Morgan fingerprint density at radius 2 is 0.957 bits per heavy atom. The molecule has 0 bridgehead atoms. The van der Waals surface area contributed by atoms with E-state index in [4.69, 9.17) is 0 Å². The lowest BCUT2D eigenvalue weighted by Crippen LogP contribution is -1.94. The van der Waals surface area contributed by atoms with Gasteiger partial charge in [-0.05, 0) is 96.0 Å². The Bertz CT molecular complexity index is 2720. The van der Waals surface area contributed by atoms with Gasteiger partial charge in [0.15, 0.2) is 0 Å². The standard InChI is InChI=1S/C45H28N2/c1-3-12-42-38(10-1)39-11-2-4-13-43(39)47(42)35-9-5-7-33(27-35)37-23-19-32-20-24-40-36(22-18-31-21-25-41(37)45(32)44(31)40)30-16-14-29(15-17-30)34-8-6-26-46-28-34/h1-28H. The third-order valence-electron chi connectivity index (χ3n) is 9.85. The molecule has 0 aliphatic heterocycles. The quantitative estimate of drug-likeness (QED) is 0.185. The summed E-state index contributed by atoms with van der Waals surface area (Å²) >= 11 is 0. The normalized spacial score (nSPS) is 11.8. The summed E-state index contributed by atoms with van der Waals surface area (Å²) in [6, 6.07) is 57.7. The number of benzene rings is 8. The third-order valence-corrected chi connectivity index (χ3v) is 9.85. The average molecular weight is 597 g/mol. The van der Waals surface area contributed by atoms with Crippen molar-refractivity contribution in [3.8, 4) is 39.1 Å². The molecule has 10 aromatic rings. The van der Waals surface area contributed by atoms with Gasteiger partial charge in [0.25, 0.3) is 0 Å². The molecule has 47 heavy (non-hydrogen) atoms. The van der Waals surface area contributed by atoms with Crippen molar-refractivity contribution >= 4 is 54.1 Å². The summed E-state index contributed by atoms with van der Waals surface area (Å²) in [6.45, 7) is 0. The van der Waals surface area contributed by atoms with E-state index < -0.39 is 0 Å². The molecular weight excluding hydrogens is 569 g/mol. The minimum atomic E-state index is 1.13. The highest BCUT2D eigenvalue weighted by atomic mass is 15.0. The molecule has 0 aliphatic rings. The second kappa shape index (κ2) is 10.1. The Balaban J connectivity index is 1.15. The molecule has 2 heteroatoms. The van der Waals surface area contributed by atoms with Crippen LogP contribution >= 0.6 is 0 Å². The van der Waals surface area contributed by atoms with Gasteiger partial charge in [0.05, 0.1) is 11.0 Å². The fraction of sp³-hybridized carbons (Fsp3) is 0. The zero-order chi connectivity index (χ0) is 30.9. The van der Waals surface area contributed by atoms with Gasteiger partial charge in [-0.2, -0.15) is 0 Å². The summed E-state index contributed by atoms with van der Waals surface area (Å²) < 4.78 is 2.40. The smallest absolute Gasteiger partial charge is 0.0541 e. The fourth-order valence-corrected chi connectivity index (χ4v) is 7.69. The predicted octanol–water partition coefficient (Wildman–Crippen LogP) is 12.1. The number of nitrogens with zero attached hydrogens (tertiary/aromatic N) is 2. The van der Waals surface area contributed by atoms with Crippen molar-refractivity contribution in [3.63, 3.8) is 0 Å². The van der Waals surface area contributed by atoms with Gasteiger partial charge in [0, 0.05) is 28.9 Å². The van der Waals surface area contributed by atoms with Gasteiger partial charge in [0.2, 0.25) is 0 Å². The molecule has 10 rings (SSSR count). The molecule has 0 amide bonds. The highest BCUT2D eigenvalue weighted by Gasteiger charge is 2.16. The van der Waals surface area contributed by atoms with Crippen LogP contribution in [0.1, 0.15) is 0 Å². The SMILES string of the molecule is c1cncc(-c2ccc(-c3ccc4ccc5c(-c6cccc(-n7c8ccccc8c8ccccc87)c6)ccc6ccc3c4c65)cc2)c1. The Labute approximate surface area is 272 Å². The molecule has 8 aromatic carbocycles. The largest absolute Gasteiger partial charge is 0.309 e. The minimum Gasteiger partial charge on any atom is -0.309 e. The van der Waals surface area contributed by atoms with Crippen molar-refractivity contribution < 1.29 is 0 Å². The molecule has 2 heterocycles. The Morgan fingerprint density at radius 3 is 1.60 bits per heavy atom. The molecule has 0 saturated carbocycles. The van der Waals surface area contributed by atoms with Gasteiger partial charge in [-0.1, -0.05) is 127 Å². The Hall–Kier alpha value is -6.25. The van der Waals surface area contributed by atoms with E-state index in [-0.39, 0.29) is 0 Å². The number of pyridine rings is 1. The lowest BCUT2D eigenvalue weighted by molar-refractivity contribution is 1.18. The van der Waals surface area contributed by atoms with E-state index in [1.54, 1.807) is 0 Å². The second-order valence-electron chi connectivity index (χ2n) is 12.4. The Morgan fingerprint density at radius 1 is 0.383 bits per heavy atom. The van der Waals surface area contributed by atoms with Crippen molar-refractivity contribution in [1.29, 1.82) is 0 Å². The first-order valence-corrected chi connectivity index (χ1v) is 16.1. The van der Waals surface area contributed by atoms with Crippen molar-refractivity contribution in [2.75, 3.05) is 0 Å². The van der Waals surface area contributed by atoms with Gasteiger partial charge in [-0.15, -0.1) is 0 Å². The van der Waals surface area contributed by atoms with Crippen LogP contribution in [0.25, 0.3) is 93.2 Å². The van der Waals surface area contributed by atoms with E-state index >= 15 is 0 Å². The molecule has 0 aliphatic carbocycles. The molecule has 0 spiro atoms. The van der Waals surface area contributed by atoms with Crippen LogP contribution in [0.5, 0.6) is 0 Å². The topological polar surface area (TPSA) is 17.8 Å². The van der Waals surface area contributed by atoms with E-state index in [0.717, 1.165) is 5.56 Å². The van der Waals surface area contributed by atoms with Crippen LogP contribution < -0.4 is 0 Å². The van der Waals surface area contributed by atoms with E-state index in [0.29, 0.717) is 0 Å². The first kappa shape index (κ1) is 26.0. The van der Waals surface area contributed by atoms with Crippen molar-refractivity contribution in [1.82, 2.24) is 9.55 Å². The van der Waals surface area contributed by atoms with Crippen LogP contribution in [-0.4, -0.2) is 9.55 Å². The number of fused-ring (bicyclic) bond motifs is 3. The van der Waals surface area contributed by atoms with Crippen LogP contribution in [0.3, 0.4) is 0 Å². The molecule has 218 valence electrons. The van der Waals surface area contributed by atoms with Crippen molar-refractivity contribution in [3.05, 3.63) is 170 Å². The summed E-state index contributed by atoms with van der Waals surface area (Å²) in [4.78, 5) is 4.30. The lowest BCUT2D eigenvalue weighted by atomic mass is 9.87. The number of hydrogen-bond acceptors (Lipinski definition) is 1. The highest BCUT2D eigenvalue weighted by Crippen LogP contribution is 2.43. The van der Waals surface area contributed by atoms with Gasteiger partial charge >= 0.3 is 0 Å². The minimum absolute atomic E-state index is 1.13. The number of rotatable bonds is 4. The van der Waals surface area contributed by atoms with Gasteiger partial charge in [0.1, 0.15) is 0 Å².